The molecule has 0 radical (unpaired) electrons. The third-order valence-corrected chi connectivity index (χ3v) is 7.96. The Hall–Kier alpha value is -2.66. The van der Waals surface area contributed by atoms with E-state index in [0.717, 1.165) is 74.2 Å². The van der Waals surface area contributed by atoms with E-state index in [1.165, 1.54) is 86.5 Å². The molecule has 0 aromatic heterocycles. The van der Waals surface area contributed by atoms with E-state index >= 15 is 0 Å². The first-order valence-corrected chi connectivity index (χ1v) is 17.5. The van der Waals surface area contributed by atoms with Gasteiger partial charge < -0.3 is 0 Å². The first-order valence-electron chi connectivity index (χ1n) is 17.5. The van der Waals surface area contributed by atoms with Crippen LogP contribution in [0.25, 0.3) is 0 Å². The molecular weight excluding hydrogens is 508 g/mol. The van der Waals surface area contributed by atoms with Gasteiger partial charge in [-0.25, -0.2) is 4.99 Å². The minimum absolute atomic E-state index is 0.854. The van der Waals surface area contributed by atoms with Crippen LogP contribution >= 0.6 is 0 Å². The standard InChI is InChI=1S/C40H60N2/c1-7-13-19-25-39(41-37-29-27-33(21-15-9-3)35(31-37)23-17-11-5)40(26-20-14-8-2)42-38-30-28-34(22-16-10-4)36(32-38)24-18-12-6/h27-32H,7-19,21-25H2,1-6H3. The lowest BCUT2D eigenvalue weighted by Gasteiger charge is -2.12. The molecule has 0 amide bonds. The largest absolute Gasteiger partial charge is 0.251 e. The molecule has 230 valence electrons. The monoisotopic (exact) mass is 568 g/mol. The Balaban J connectivity index is 2.61. The highest BCUT2D eigenvalue weighted by molar-refractivity contribution is 6.49. The highest BCUT2D eigenvalue weighted by Crippen LogP contribution is 2.25. The van der Waals surface area contributed by atoms with Crippen molar-refractivity contribution in [3.8, 4) is 11.8 Å². The van der Waals surface area contributed by atoms with E-state index in [-0.39, 0.29) is 0 Å². The summed E-state index contributed by atoms with van der Waals surface area (Å²) in [7, 11) is 0. The molecular formula is C40H60N2. The van der Waals surface area contributed by atoms with Gasteiger partial charge in [-0.3, -0.25) is 4.99 Å². The summed E-state index contributed by atoms with van der Waals surface area (Å²) in [4.78, 5) is 10.5. The lowest BCUT2D eigenvalue weighted by atomic mass is 9.97. The molecule has 0 bridgehead atoms. The van der Waals surface area contributed by atoms with Crippen LogP contribution in [-0.4, -0.2) is 11.4 Å². The van der Waals surface area contributed by atoms with Crippen molar-refractivity contribution in [3.05, 3.63) is 58.7 Å². The second-order valence-corrected chi connectivity index (χ2v) is 11.8. The van der Waals surface area contributed by atoms with Gasteiger partial charge in [0.15, 0.2) is 0 Å². The zero-order valence-electron chi connectivity index (χ0n) is 28.1. The van der Waals surface area contributed by atoms with Gasteiger partial charge in [0.1, 0.15) is 5.71 Å². The fourth-order valence-electron chi connectivity index (χ4n) is 5.28. The van der Waals surface area contributed by atoms with Crippen LogP contribution in [0.5, 0.6) is 0 Å². The topological polar surface area (TPSA) is 24.7 Å². The summed E-state index contributed by atoms with van der Waals surface area (Å²) in [5, 5.41) is 0. The summed E-state index contributed by atoms with van der Waals surface area (Å²) in [6.07, 6.45) is 20.7. The predicted molar refractivity (Wildman–Crippen MR) is 188 cm³/mol. The van der Waals surface area contributed by atoms with E-state index in [1.54, 1.807) is 0 Å². The number of rotatable bonds is 20. The number of nitrogens with zero attached hydrogens (tertiary/aromatic N) is 2. The van der Waals surface area contributed by atoms with Crippen LogP contribution in [0.1, 0.15) is 154 Å². The molecule has 0 aliphatic heterocycles. The van der Waals surface area contributed by atoms with E-state index in [1.807, 2.05) is 0 Å². The molecule has 0 aliphatic carbocycles. The Kier molecular flexibility index (Phi) is 18.6. The van der Waals surface area contributed by atoms with Crippen LogP contribution < -0.4 is 0 Å². The molecule has 0 saturated heterocycles. The summed E-state index contributed by atoms with van der Waals surface area (Å²) in [6.45, 7) is 13.6. The van der Waals surface area contributed by atoms with Crippen molar-refractivity contribution in [2.45, 2.75) is 157 Å². The Labute approximate surface area is 259 Å². The fraction of sp³-hybridized carbons (Fsp3) is 0.600. The van der Waals surface area contributed by atoms with E-state index in [9.17, 15) is 0 Å². The fourth-order valence-corrected chi connectivity index (χ4v) is 5.28. The van der Waals surface area contributed by atoms with E-state index in [0.29, 0.717) is 0 Å². The van der Waals surface area contributed by atoms with Gasteiger partial charge in [-0.2, -0.15) is 0 Å². The lowest BCUT2D eigenvalue weighted by Crippen LogP contribution is -2.12. The second kappa shape index (κ2) is 22.0. The van der Waals surface area contributed by atoms with Gasteiger partial charge in [0.05, 0.1) is 17.1 Å². The molecule has 2 nitrogen and oxygen atoms in total. The van der Waals surface area contributed by atoms with Crippen molar-refractivity contribution in [2.24, 2.45) is 9.98 Å². The molecule has 0 heterocycles. The second-order valence-electron chi connectivity index (χ2n) is 11.8. The molecule has 2 heteroatoms. The van der Waals surface area contributed by atoms with Crippen molar-refractivity contribution in [2.75, 3.05) is 0 Å². The molecule has 2 aromatic rings. The number of hydrogen-bond acceptors (Lipinski definition) is 2. The maximum Gasteiger partial charge on any atom is 0.135 e. The summed E-state index contributed by atoms with van der Waals surface area (Å²) in [6, 6.07) is 13.8. The van der Waals surface area contributed by atoms with Gasteiger partial charge in [-0.1, -0.05) is 98.1 Å². The zero-order valence-corrected chi connectivity index (χ0v) is 28.1. The van der Waals surface area contributed by atoms with Crippen molar-refractivity contribution < 1.29 is 0 Å². The third kappa shape index (κ3) is 13.1. The Morgan fingerprint density at radius 1 is 0.524 bits per heavy atom. The van der Waals surface area contributed by atoms with Crippen LogP contribution in [0.2, 0.25) is 0 Å². The molecule has 0 fully saturated rings. The van der Waals surface area contributed by atoms with Gasteiger partial charge in [-0.15, -0.1) is 0 Å². The molecule has 0 unspecified atom stereocenters. The third-order valence-electron chi connectivity index (χ3n) is 7.96. The van der Waals surface area contributed by atoms with Gasteiger partial charge in [0.2, 0.25) is 0 Å². The minimum Gasteiger partial charge on any atom is -0.251 e. The van der Waals surface area contributed by atoms with Crippen molar-refractivity contribution in [3.63, 3.8) is 0 Å². The molecule has 2 aromatic carbocycles. The number of benzene rings is 2. The minimum atomic E-state index is 0.854. The molecule has 42 heavy (non-hydrogen) atoms. The van der Waals surface area contributed by atoms with Gasteiger partial charge in [-0.05, 0) is 123 Å². The van der Waals surface area contributed by atoms with Gasteiger partial charge >= 0.3 is 0 Å². The summed E-state index contributed by atoms with van der Waals surface area (Å²) in [5.41, 5.74) is 9.88. The lowest BCUT2D eigenvalue weighted by molar-refractivity contribution is 0.744. The number of aliphatic imine (C=N–C) groups is 2. The summed E-state index contributed by atoms with van der Waals surface area (Å²) >= 11 is 0. The van der Waals surface area contributed by atoms with Crippen molar-refractivity contribution in [1.82, 2.24) is 0 Å². The number of hydrogen-bond donors (Lipinski definition) is 0. The van der Waals surface area contributed by atoms with E-state index in [2.05, 4.69) is 89.8 Å². The maximum absolute atomic E-state index is 5.31. The molecule has 0 atom stereocenters. The average Bonchev–Trinajstić information content (AvgIpc) is 3.01. The number of unbranched alkanes of at least 4 members (excludes halogenated alkanes) is 7. The van der Waals surface area contributed by atoms with Crippen LogP contribution in [-0.2, 0) is 25.7 Å². The van der Waals surface area contributed by atoms with Crippen LogP contribution in [0, 0.1) is 11.8 Å². The average molecular weight is 569 g/mol. The quantitative estimate of drug-likeness (QED) is 0.0862. The van der Waals surface area contributed by atoms with Crippen LogP contribution in [0.3, 0.4) is 0 Å². The zero-order chi connectivity index (χ0) is 30.4. The normalized spacial score (nSPS) is 12.0. The highest BCUT2D eigenvalue weighted by atomic mass is 14.8. The SMILES string of the molecule is CCCC#CC(=Nc1ccc(CCCC)c(CCCC)c1)C(CCCCC)=Nc1ccc(CCCC)c(CCCC)c1. The molecule has 0 saturated carbocycles. The molecule has 0 N–H and O–H groups in total. The Morgan fingerprint density at radius 2 is 1.00 bits per heavy atom. The Bertz CT molecular complexity index is 1160. The Morgan fingerprint density at radius 3 is 1.48 bits per heavy atom. The summed E-state index contributed by atoms with van der Waals surface area (Å²) < 4.78 is 0. The molecule has 0 aliphatic rings. The molecule has 2 rings (SSSR count). The van der Waals surface area contributed by atoms with Crippen LogP contribution in [0.15, 0.2) is 46.4 Å². The van der Waals surface area contributed by atoms with E-state index < -0.39 is 0 Å². The predicted octanol–water partition coefficient (Wildman–Crippen LogP) is 12.3. The van der Waals surface area contributed by atoms with Crippen LogP contribution in [0.4, 0.5) is 11.4 Å². The van der Waals surface area contributed by atoms with Crippen molar-refractivity contribution >= 4 is 22.8 Å². The van der Waals surface area contributed by atoms with Gasteiger partial charge in [0.25, 0.3) is 0 Å². The first kappa shape index (κ1) is 35.5. The maximum atomic E-state index is 5.31. The summed E-state index contributed by atoms with van der Waals surface area (Å²) in [5.74, 6) is 6.90. The van der Waals surface area contributed by atoms with Crippen molar-refractivity contribution in [1.29, 1.82) is 0 Å². The molecule has 0 spiro atoms. The van der Waals surface area contributed by atoms with E-state index in [4.69, 9.17) is 9.98 Å². The van der Waals surface area contributed by atoms with Gasteiger partial charge in [0, 0.05) is 6.42 Å². The smallest absolute Gasteiger partial charge is 0.135 e. The number of aryl methyl sites for hydroxylation is 4. The highest BCUT2D eigenvalue weighted by Gasteiger charge is 2.12. The first-order chi connectivity index (χ1) is 20.6.